The van der Waals surface area contributed by atoms with Crippen LogP contribution in [0.1, 0.15) is 18.2 Å². The van der Waals surface area contributed by atoms with Crippen molar-refractivity contribution in [3.05, 3.63) is 59.9 Å². The van der Waals surface area contributed by atoms with Crippen LogP contribution in [-0.4, -0.2) is 32.4 Å². The number of nitrogen functional groups attached to an aromatic ring is 1. The monoisotopic (exact) mass is 339 g/mol. The number of aromatic nitrogens is 1. The molecule has 0 atom stereocenters. The van der Waals surface area contributed by atoms with Gasteiger partial charge in [0.15, 0.2) is 5.17 Å². The Bertz CT molecular complexity index is 786. The maximum atomic E-state index is 12.1. The zero-order valence-corrected chi connectivity index (χ0v) is 14.0. The Kier molecular flexibility index (Phi) is 4.90. The molecule has 1 saturated heterocycles. The van der Waals surface area contributed by atoms with Crippen LogP contribution in [0.4, 0.5) is 5.69 Å². The van der Waals surface area contributed by atoms with Crippen LogP contribution >= 0.6 is 11.8 Å². The largest absolute Gasteiger partial charge is 0.399 e. The third-order valence-electron chi connectivity index (χ3n) is 3.50. The third-order valence-corrected chi connectivity index (χ3v) is 4.45. The molecule has 7 heteroatoms. The molecule has 0 aliphatic carbocycles. The molecule has 0 saturated carbocycles. The smallest absolute Gasteiger partial charge is 0.239 e. The van der Waals surface area contributed by atoms with Crippen molar-refractivity contribution >= 4 is 34.2 Å². The Morgan fingerprint density at radius 3 is 2.79 bits per heavy atom. The number of amidine groups is 1. The van der Waals surface area contributed by atoms with E-state index in [1.54, 1.807) is 11.1 Å². The fourth-order valence-corrected chi connectivity index (χ4v) is 3.01. The van der Waals surface area contributed by atoms with Gasteiger partial charge in [-0.15, -0.1) is 5.10 Å². The number of amides is 1. The summed E-state index contributed by atoms with van der Waals surface area (Å²) in [5.41, 5.74) is 8.86. The lowest BCUT2D eigenvalue weighted by Crippen LogP contribution is -2.28. The number of thioether (sulfide) groups is 1. The predicted molar refractivity (Wildman–Crippen MR) is 97.7 cm³/mol. The molecule has 122 valence electrons. The quantitative estimate of drug-likeness (QED) is 0.527. The van der Waals surface area contributed by atoms with E-state index in [2.05, 4.69) is 15.2 Å². The standard InChI is InChI=1S/C17H17N5OS/c1-12(15-4-2-3-9-19-15)20-21-17-22(16(23)11-24-17)10-13-5-7-14(18)8-6-13/h2-9H,10-11,18H2,1H3/b20-12-,21-17-. The van der Waals surface area contributed by atoms with E-state index >= 15 is 0 Å². The summed E-state index contributed by atoms with van der Waals surface area (Å²) in [5.74, 6) is 0.410. The summed E-state index contributed by atoms with van der Waals surface area (Å²) >= 11 is 1.39. The Hall–Kier alpha value is -2.67. The first kappa shape index (κ1) is 16.2. The Morgan fingerprint density at radius 1 is 1.29 bits per heavy atom. The van der Waals surface area contributed by atoms with Gasteiger partial charge < -0.3 is 5.73 Å². The van der Waals surface area contributed by atoms with Crippen LogP contribution in [-0.2, 0) is 11.3 Å². The predicted octanol–water partition coefficient (Wildman–Crippen LogP) is 2.52. The van der Waals surface area contributed by atoms with Crippen molar-refractivity contribution in [1.82, 2.24) is 9.88 Å². The SMILES string of the molecule is C/C(=N/N=C1\SCC(=O)N1Cc1ccc(N)cc1)c1ccccn1. The number of benzene rings is 1. The van der Waals surface area contributed by atoms with Crippen LogP contribution in [0.15, 0.2) is 58.9 Å². The van der Waals surface area contributed by atoms with Gasteiger partial charge in [0.25, 0.3) is 0 Å². The number of hydrogen-bond donors (Lipinski definition) is 1. The minimum absolute atomic E-state index is 0.0289. The molecule has 0 unspecified atom stereocenters. The van der Waals surface area contributed by atoms with Gasteiger partial charge in [0.1, 0.15) is 0 Å². The summed E-state index contributed by atoms with van der Waals surface area (Å²) in [6.45, 7) is 2.31. The molecular formula is C17H17N5OS. The lowest BCUT2D eigenvalue weighted by molar-refractivity contribution is -0.124. The molecule has 1 aliphatic heterocycles. The van der Waals surface area contributed by atoms with Crippen molar-refractivity contribution in [3.63, 3.8) is 0 Å². The van der Waals surface area contributed by atoms with Gasteiger partial charge in [-0.25, -0.2) is 0 Å². The molecule has 2 heterocycles. The van der Waals surface area contributed by atoms with Crippen LogP contribution < -0.4 is 5.73 Å². The Balaban J connectivity index is 1.78. The number of nitrogens with two attached hydrogens (primary N) is 1. The minimum Gasteiger partial charge on any atom is -0.399 e. The first-order chi connectivity index (χ1) is 11.6. The van der Waals surface area contributed by atoms with Crippen LogP contribution in [0.3, 0.4) is 0 Å². The van der Waals surface area contributed by atoms with Crippen molar-refractivity contribution in [2.75, 3.05) is 11.5 Å². The highest BCUT2D eigenvalue weighted by atomic mass is 32.2. The second-order valence-corrected chi connectivity index (χ2v) is 6.24. The van der Waals surface area contributed by atoms with E-state index in [1.807, 2.05) is 49.4 Å². The van der Waals surface area contributed by atoms with E-state index in [9.17, 15) is 4.79 Å². The molecule has 1 aromatic heterocycles. The first-order valence-corrected chi connectivity index (χ1v) is 8.43. The first-order valence-electron chi connectivity index (χ1n) is 7.45. The highest BCUT2D eigenvalue weighted by Crippen LogP contribution is 2.22. The molecule has 24 heavy (non-hydrogen) atoms. The second-order valence-electron chi connectivity index (χ2n) is 5.29. The van der Waals surface area contributed by atoms with E-state index in [4.69, 9.17) is 5.73 Å². The van der Waals surface area contributed by atoms with Crippen molar-refractivity contribution in [1.29, 1.82) is 0 Å². The van der Waals surface area contributed by atoms with Gasteiger partial charge in [0.05, 0.1) is 23.7 Å². The maximum Gasteiger partial charge on any atom is 0.239 e. The van der Waals surface area contributed by atoms with Gasteiger partial charge in [-0.3, -0.25) is 14.7 Å². The molecule has 1 aliphatic rings. The van der Waals surface area contributed by atoms with Gasteiger partial charge in [-0.2, -0.15) is 5.10 Å². The summed E-state index contributed by atoms with van der Waals surface area (Å²) in [4.78, 5) is 18.0. The van der Waals surface area contributed by atoms with Crippen molar-refractivity contribution in [3.8, 4) is 0 Å². The van der Waals surface area contributed by atoms with Gasteiger partial charge in [-0.05, 0) is 36.8 Å². The number of nitrogens with zero attached hydrogens (tertiary/aromatic N) is 4. The molecule has 0 radical (unpaired) electrons. The molecule has 6 nitrogen and oxygen atoms in total. The number of anilines is 1. The molecule has 1 aromatic carbocycles. The van der Waals surface area contributed by atoms with Gasteiger partial charge in [0, 0.05) is 11.9 Å². The van der Waals surface area contributed by atoms with Crippen molar-refractivity contribution < 1.29 is 4.79 Å². The van der Waals surface area contributed by atoms with E-state index in [0.717, 1.165) is 11.3 Å². The van der Waals surface area contributed by atoms with Crippen LogP contribution in [0.2, 0.25) is 0 Å². The molecule has 1 fully saturated rings. The van der Waals surface area contributed by atoms with Crippen molar-refractivity contribution in [2.24, 2.45) is 10.2 Å². The van der Waals surface area contributed by atoms with Gasteiger partial charge >= 0.3 is 0 Å². The van der Waals surface area contributed by atoms with Gasteiger partial charge in [-0.1, -0.05) is 30.0 Å². The molecular weight excluding hydrogens is 322 g/mol. The summed E-state index contributed by atoms with van der Waals surface area (Å²) in [5, 5.41) is 9.08. The maximum absolute atomic E-state index is 12.1. The number of hydrogen-bond acceptors (Lipinski definition) is 6. The summed E-state index contributed by atoms with van der Waals surface area (Å²) in [7, 11) is 0. The average molecular weight is 339 g/mol. The summed E-state index contributed by atoms with van der Waals surface area (Å²) < 4.78 is 0. The number of pyridine rings is 1. The lowest BCUT2D eigenvalue weighted by Gasteiger charge is -2.15. The number of rotatable bonds is 4. The molecule has 2 aromatic rings. The fraction of sp³-hybridized carbons (Fsp3) is 0.176. The zero-order valence-electron chi connectivity index (χ0n) is 13.2. The van der Waals surface area contributed by atoms with E-state index < -0.39 is 0 Å². The molecule has 0 bridgehead atoms. The van der Waals surface area contributed by atoms with Crippen LogP contribution in [0, 0.1) is 0 Å². The van der Waals surface area contributed by atoms with Crippen LogP contribution in [0.5, 0.6) is 0 Å². The summed E-state index contributed by atoms with van der Waals surface area (Å²) in [6, 6.07) is 13.1. The van der Waals surface area contributed by atoms with Gasteiger partial charge in [0.2, 0.25) is 5.91 Å². The second kappa shape index (κ2) is 7.27. The summed E-state index contributed by atoms with van der Waals surface area (Å²) in [6.07, 6.45) is 1.71. The highest BCUT2D eigenvalue weighted by Gasteiger charge is 2.28. The molecule has 2 N–H and O–H groups in total. The highest BCUT2D eigenvalue weighted by molar-refractivity contribution is 8.15. The fourth-order valence-electron chi connectivity index (χ4n) is 2.18. The van der Waals surface area contributed by atoms with E-state index in [-0.39, 0.29) is 5.91 Å². The zero-order chi connectivity index (χ0) is 16.9. The topological polar surface area (TPSA) is 83.9 Å². The lowest BCUT2D eigenvalue weighted by atomic mass is 10.2. The van der Waals surface area contributed by atoms with E-state index in [0.29, 0.717) is 28.9 Å². The number of carbonyl (C=O) groups is 1. The van der Waals surface area contributed by atoms with Crippen molar-refractivity contribution in [2.45, 2.75) is 13.5 Å². The minimum atomic E-state index is 0.0289. The Morgan fingerprint density at radius 2 is 2.08 bits per heavy atom. The van der Waals surface area contributed by atoms with E-state index in [1.165, 1.54) is 11.8 Å². The normalized spacial score (nSPS) is 16.9. The van der Waals surface area contributed by atoms with Crippen LogP contribution in [0.25, 0.3) is 0 Å². The molecule has 3 rings (SSSR count). The third kappa shape index (κ3) is 3.80. The number of carbonyl (C=O) groups excluding carboxylic acids is 1. The average Bonchev–Trinajstić information content (AvgIpc) is 2.95. The Labute approximate surface area is 144 Å². The molecule has 1 amide bonds. The molecule has 0 spiro atoms.